The molecule has 4 aromatic rings. The first kappa shape index (κ1) is 26.9. The summed E-state index contributed by atoms with van der Waals surface area (Å²) in [6.07, 6.45) is 4.61. The Labute approximate surface area is 222 Å². The highest BCUT2D eigenvalue weighted by Crippen LogP contribution is 2.25. The summed E-state index contributed by atoms with van der Waals surface area (Å²) in [7, 11) is 5.37. The Kier molecular flexibility index (Phi) is 8.48. The van der Waals surface area contributed by atoms with Crippen LogP contribution >= 0.6 is 0 Å². The largest absolute Gasteiger partial charge is 0.467 e. The first-order chi connectivity index (χ1) is 18.3. The standard InChI is InChI=1S/C31H32FN3O3/c1-20-7-5-10-27(32)29(20)30(36)34-28(31(37)38-4)17-22-9-6-8-21(15-22)16-23-11-12-24(19-35(2)3)25-13-14-33-18-26(23)25/h5-15,18,28H,16-17,19H2,1-4H3,(H,34,36)/t28-/m0/s1. The number of aryl methyl sites for hydroxylation is 1. The lowest BCUT2D eigenvalue weighted by Gasteiger charge is -2.18. The van der Waals surface area contributed by atoms with Crippen LogP contribution in [0.15, 0.2) is 73.1 Å². The first-order valence-corrected chi connectivity index (χ1v) is 12.5. The van der Waals surface area contributed by atoms with Gasteiger partial charge in [-0.05, 0) is 72.8 Å². The second-order valence-corrected chi connectivity index (χ2v) is 9.72. The number of fused-ring (bicyclic) bond motifs is 1. The zero-order valence-electron chi connectivity index (χ0n) is 22.1. The minimum Gasteiger partial charge on any atom is -0.467 e. The fraction of sp³-hybridized carbons (Fsp3) is 0.258. The molecular formula is C31H32FN3O3. The lowest BCUT2D eigenvalue weighted by Crippen LogP contribution is -2.43. The zero-order valence-corrected chi connectivity index (χ0v) is 22.1. The normalized spacial score (nSPS) is 11.9. The molecule has 3 aromatic carbocycles. The number of nitrogens with one attached hydrogen (secondary N) is 1. The van der Waals surface area contributed by atoms with Gasteiger partial charge >= 0.3 is 5.97 Å². The SMILES string of the molecule is COC(=O)[C@H](Cc1cccc(Cc2ccc(CN(C)C)c3ccncc23)c1)NC(=O)c1c(C)cccc1F. The minimum atomic E-state index is -0.961. The molecule has 0 saturated carbocycles. The number of carbonyl (C=O) groups excluding carboxylic acids is 2. The third-order valence-electron chi connectivity index (χ3n) is 6.55. The average molecular weight is 514 g/mol. The molecule has 0 aliphatic carbocycles. The Bertz CT molecular complexity index is 1450. The van der Waals surface area contributed by atoms with Gasteiger partial charge < -0.3 is 15.0 Å². The molecule has 4 rings (SSSR count). The molecular weight excluding hydrogens is 481 g/mol. The van der Waals surface area contributed by atoms with Crippen molar-refractivity contribution >= 4 is 22.6 Å². The lowest BCUT2D eigenvalue weighted by molar-refractivity contribution is -0.142. The van der Waals surface area contributed by atoms with Crippen LogP contribution in [0.3, 0.4) is 0 Å². The lowest BCUT2D eigenvalue weighted by atomic mass is 9.95. The predicted molar refractivity (Wildman–Crippen MR) is 146 cm³/mol. The molecule has 0 fully saturated rings. The van der Waals surface area contributed by atoms with E-state index in [-0.39, 0.29) is 12.0 Å². The Hall–Kier alpha value is -4.10. The number of methoxy groups -OCH3 is 1. The van der Waals surface area contributed by atoms with Gasteiger partial charge in [0.25, 0.3) is 5.91 Å². The van der Waals surface area contributed by atoms with E-state index in [2.05, 4.69) is 33.4 Å². The molecule has 0 saturated heterocycles. The molecule has 38 heavy (non-hydrogen) atoms. The van der Waals surface area contributed by atoms with E-state index < -0.39 is 23.7 Å². The number of benzene rings is 3. The molecule has 0 spiro atoms. The molecule has 1 heterocycles. The van der Waals surface area contributed by atoms with Crippen LogP contribution in [-0.2, 0) is 28.9 Å². The first-order valence-electron chi connectivity index (χ1n) is 12.5. The van der Waals surface area contributed by atoms with E-state index in [1.54, 1.807) is 19.1 Å². The number of hydrogen-bond acceptors (Lipinski definition) is 5. The zero-order chi connectivity index (χ0) is 27.2. The van der Waals surface area contributed by atoms with Crippen LogP contribution in [0.1, 0.15) is 38.2 Å². The summed E-state index contributed by atoms with van der Waals surface area (Å²) >= 11 is 0. The van der Waals surface area contributed by atoms with Crippen molar-refractivity contribution in [3.63, 3.8) is 0 Å². The molecule has 1 N–H and O–H groups in total. The van der Waals surface area contributed by atoms with Crippen molar-refractivity contribution in [2.24, 2.45) is 0 Å². The van der Waals surface area contributed by atoms with Gasteiger partial charge in [-0.25, -0.2) is 9.18 Å². The number of amides is 1. The molecule has 0 aliphatic heterocycles. The third kappa shape index (κ3) is 6.23. The highest BCUT2D eigenvalue weighted by molar-refractivity contribution is 5.98. The van der Waals surface area contributed by atoms with Gasteiger partial charge in [-0.15, -0.1) is 0 Å². The molecule has 196 valence electrons. The maximum absolute atomic E-state index is 14.3. The van der Waals surface area contributed by atoms with Crippen LogP contribution in [-0.4, -0.2) is 49.0 Å². The summed E-state index contributed by atoms with van der Waals surface area (Å²) in [6.45, 7) is 2.49. The maximum Gasteiger partial charge on any atom is 0.328 e. The van der Waals surface area contributed by atoms with E-state index in [9.17, 15) is 14.0 Å². The number of nitrogens with zero attached hydrogens (tertiary/aromatic N) is 2. The van der Waals surface area contributed by atoms with Crippen molar-refractivity contribution < 1.29 is 18.7 Å². The second kappa shape index (κ2) is 12.0. The Morgan fingerprint density at radius 3 is 2.47 bits per heavy atom. The molecule has 0 bridgehead atoms. The van der Waals surface area contributed by atoms with Crippen molar-refractivity contribution in [1.82, 2.24) is 15.2 Å². The van der Waals surface area contributed by atoms with Gasteiger partial charge in [-0.3, -0.25) is 9.78 Å². The van der Waals surface area contributed by atoms with Gasteiger partial charge in [0, 0.05) is 30.7 Å². The van der Waals surface area contributed by atoms with Crippen LogP contribution in [0.25, 0.3) is 10.8 Å². The van der Waals surface area contributed by atoms with E-state index in [1.165, 1.54) is 24.1 Å². The van der Waals surface area contributed by atoms with E-state index in [0.29, 0.717) is 12.0 Å². The third-order valence-corrected chi connectivity index (χ3v) is 6.55. The topological polar surface area (TPSA) is 71.5 Å². The van der Waals surface area contributed by atoms with Crippen molar-refractivity contribution in [3.05, 3.63) is 112 Å². The maximum atomic E-state index is 14.3. The second-order valence-electron chi connectivity index (χ2n) is 9.72. The Morgan fingerprint density at radius 2 is 1.74 bits per heavy atom. The average Bonchev–Trinajstić information content (AvgIpc) is 2.89. The van der Waals surface area contributed by atoms with Gasteiger partial charge in [0.2, 0.25) is 0 Å². The summed E-state index contributed by atoms with van der Waals surface area (Å²) < 4.78 is 19.3. The smallest absolute Gasteiger partial charge is 0.328 e. The number of pyridine rings is 1. The van der Waals surface area contributed by atoms with Crippen molar-refractivity contribution in [2.45, 2.75) is 32.4 Å². The predicted octanol–water partition coefficient (Wildman–Crippen LogP) is 4.85. The van der Waals surface area contributed by atoms with Gasteiger partial charge in [0.05, 0.1) is 12.7 Å². The molecule has 1 aromatic heterocycles. The van der Waals surface area contributed by atoms with Crippen molar-refractivity contribution in [2.75, 3.05) is 21.2 Å². The number of esters is 1. The summed E-state index contributed by atoms with van der Waals surface area (Å²) in [4.78, 5) is 31.9. The molecule has 6 nitrogen and oxygen atoms in total. The van der Waals surface area contributed by atoms with E-state index in [0.717, 1.165) is 28.6 Å². The number of hydrogen-bond donors (Lipinski definition) is 1. The highest BCUT2D eigenvalue weighted by Gasteiger charge is 2.25. The van der Waals surface area contributed by atoms with Crippen LogP contribution < -0.4 is 5.32 Å². The number of halogens is 1. The summed E-state index contributed by atoms with van der Waals surface area (Å²) in [5, 5.41) is 4.95. The highest BCUT2D eigenvalue weighted by atomic mass is 19.1. The molecule has 7 heteroatoms. The summed E-state index contributed by atoms with van der Waals surface area (Å²) in [6, 6.07) is 17.7. The van der Waals surface area contributed by atoms with Gasteiger partial charge in [0.1, 0.15) is 11.9 Å². The fourth-order valence-electron chi connectivity index (χ4n) is 4.75. The number of aromatic nitrogens is 1. The van der Waals surface area contributed by atoms with Crippen LogP contribution in [0.4, 0.5) is 4.39 Å². The minimum absolute atomic E-state index is 0.0756. The summed E-state index contributed by atoms with van der Waals surface area (Å²) in [5.74, 6) is -1.87. The molecule has 0 aliphatic rings. The number of rotatable bonds is 9. The molecule has 0 radical (unpaired) electrons. The van der Waals surface area contributed by atoms with Crippen molar-refractivity contribution in [1.29, 1.82) is 0 Å². The fourth-order valence-corrected chi connectivity index (χ4v) is 4.75. The van der Waals surface area contributed by atoms with Gasteiger partial charge in [-0.2, -0.15) is 0 Å². The molecule has 0 unspecified atom stereocenters. The molecule has 1 amide bonds. The number of ether oxygens (including phenoxy) is 1. The van der Waals surface area contributed by atoms with Crippen LogP contribution in [0, 0.1) is 12.7 Å². The quantitative estimate of drug-likeness (QED) is 0.324. The Balaban J connectivity index is 1.57. The number of carbonyl (C=O) groups is 2. The van der Waals surface area contributed by atoms with E-state index in [4.69, 9.17) is 4.74 Å². The van der Waals surface area contributed by atoms with Crippen LogP contribution in [0.2, 0.25) is 0 Å². The van der Waals surface area contributed by atoms with E-state index in [1.807, 2.05) is 50.8 Å². The summed E-state index contributed by atoms with van der Waals surface area (Å²) in [5.41, 5.74) is 4.73. The van der Waals surface area contributed by atoms with Gasteiger partial charge in [-0.1, -0.05) is 48.5 Å². The van der Waals surface area contributed by atoms with Crippen molar-refractivity contribution in [3.8, 4) is 0 Å². The monoisotopic (exact) mass is 513 g/mol. The Morgan fingerprint density at radius 1 is 1.00 bits per heavy atom. The van der Waals surface area contributed by atoms with Crippen LogP contribution in [0.5, 0.6) is 0 Å². The van der Waals surface area contributed by atoms with E-state index >= 15 is 0 Å². The molecule has 1 atom stereocenters. The van der Waals surface area contributed by atoms with Gasteiger partial charge in [0.15, 0.2) is 0 Å².